The van der Waals surface area contributed by atoms with Crippen molar-refractivity contribution in [3.63, 3.8) is 0 Å². The molecule has 0 spiro atoms. The average Bonchev–Trinajstić information content (AvgIpc) is 3.69. The molecule has 51 heavy (non-hydrogen) atoms. The van der Waals surface area contributed by atoms with Crippen LogP contribution in [0.2, 0.25) is 0 Å². The summed E-state index contributed by atoms with van der Waals surface area (Å²) in [7, 11) is 0. The molecule has 0 aliphatic carbocycles. The summed E-state index contributed by atoms with van der Waals surface area (Å²) in [4.78, 5) is 2.36. The Morgan fingerprint density at radius 3 is 1.59 bits per heavy atom. The highest BCUT2D eigenvalue weighted by molar-refractivity contribution is 6.41. The van der Waals surface area contributed by atoms with Gasteiger partial charge >= 0.3 is 0 Å². The zero-order valence-corrected chi connectivity index (χ0v) is 27.6. The molecule has 0 saturated carbocycles. The lowest BCUT2D eigenvalue weighted by atomic mass is 9.88. The van der Waals surface area contributed by atoms with Crippen molar-refractivity contribution in [1.82, 2.24) is 0 Å². The van der Waals surface area contributed by atoms with Gasteiger partial charge in [0.1, 0.15) is 0 Å². The van der Waals surface area contributed by atoms with Crippen molar-refractivity contribution in [1.29, 1.82) is 5.26 Å². The molecule has 0 bridgehead atoms. The maximum absolute atomic E-state index is 9.72. The number of benzene rings is 9. The molecule has 0 amide bonds. The topological polar surface area (TPSA) is 27.0 Å². The van der Waals surface area contributed by atoms with Gasteiger partial charge in [0.15, 0.2) is 0 Å². The predicted molar refractivity (Wildman–Crippen MR) is 216 cm³/mol. The number of nitrogens with zero attached hydrogens (tertiary/aromatic N) is 2. The van der Waals surface area contributed by atoms with Gasteiger partial charge in [-0.3, -0.25) is 0 Å². The lowest BCUT2D eigenvalue weighted by Crippen LogP contribution is -2.09. The Morgan fingerprint density at radius 2 is 0.902 bits per heavy atom. The van der Waals surface area contributed by atoms with E-state index in [4.69, 9.17) is 0 Å². The Labute approximate surface area is 294 Å². The lowest BCUT2D eigenvalue weighted by Gasteiger charge is -2.26. The number of hydrogen-bond acceptors (Lipinski definition) is 2. The van der Waals surface area contributed by atoms with Crippen LogP contribution in [0.1, 0.15) is 5.56 Å². The van der Waals surface area contributed by atoms with Crippen molar-refractivity contribution >= 4 is 92.5 Å². The molecule has 2 nitrogen and oxygen atoms in total. The van der Waals surface area contributed by atoms with Crippen LogP contribution in [-0.2, 0) is 0 Å². The van der Waals surface area contributed by atoms with E-state index in [0.717, 1.165) is 22.6 Å². The van der Waals surface area contributed by atoms with E-state index in [2.05, 4.69) is 169 Å². The highest BCUT2D eigenvalue weighted by atomic mass is 15.1. The summed E-state index contributed by atoms with van der Waals surface area (Å²) in [6, 6.07) is 63.7. The predicted octanol–water partition coefficient (Wildman–Crippen LogP) is 13.6. The minimum absolute atomic E-state index is 0.662. The summed E-state index contributed by atoms with van der Waals surface area (Å²) in [6.07, 6.45) is 0. The molecule has 0 aliphatic rings. The van der Waals surface area contributed by atoms with Gasteiger partial charge in [0, 0.05) is 17.1 Å². The Kier molecular flexibility index (Phi) is 5.77. The zero-order chi connectivity index (χ0) is 33.6. The summed E-state index contributed by atoms with van der Waals surface area (Å²) < 4.78 is 0. The van der Waals surface area contributed by atoms with Gasteiger partial charge in [-0.05, 0) is 147 Å². The Bertz CT molecular complexity index is 3130. The van der Waals surface area contributed by atoms with Gasteiger partial charge in [-0.1, -0.05) is 109 Å². The van der Waals surface area contributed by atoms with Crippen molar-refractivity contribution in [2.75, 3.05) is 4.90 Å². The highest BCUT2D eigenvalue weighted by Crippen LogP contribution is 2.51. The van der Waals surface area contributed by atoms with Gasteiger partial charge < -0.3 is 4.90 Å². The van der Waals surface area contributed by atoms with Crippen LogP contribution in [-0.4, -0.2) is 0 Å². The minimum Gasteiger partial charge on any atom is -0.310 e. The average molecular weight is 645 g/mol. The van der Waals surface area contributed by atoms with Crippen LogP contribution in [0.15, 0.2) is 170 Å². The molecule has 0 radical (unpaired) electrons. The van der Waals surface area contributed by atoms with E-state index in [1.54, 1.807) is 0 Å². The third-order valence-electron chi connectivity index (χ3n) is 10.9. The summed E-state index contributed by atoms with van der Waals surface area (Å²) in [6.45, 7) is 0. The van der Waals surface area contributed by atoms with Crippen LogP contribution in [0.4, 0.5) is 17.1 Å². The molecular weight excluding hydrogens is 617 g/mol. The number of nitriles is 1. The van der Waals surface area contributed by atoms with E-state index in [9.17, 15) is 5.26 Å². The third kappa shape index (κ3) is 3.92. The first-order chi connectivity index (χ1) is 25.3. The van der Waals surface area contributed by atoms with Gasteiger partial charge in [-0.15, -0.1) is 0 Å². The fraction of sp³-hybridized carbons (Fsp3) is 0. The Hall–Kier alpha value is -6.95. The first-order valence-electron chi connectivity index (χ1n) is 17.4. The normalized spacial score (nSPS) is 11.9. The van der Waals surface area contributed by atoms with E-state index in [1.807, 2.05) is 12.1 Å². The van der Waals surface area contributed by atoms with Gasteiger partial charge in [0.05, 0.1) is 11.6 Å². The number of para-hydroxylation sites is 2. The summed E-state index contributed by atoms with van der Waals surface area (Å²) in [5.41, 5.74) is 6.36. The Balaban J connectivity index is 1.33. The minimum atomic E-state index is 0.662. The third-order valence-corrected chi connectivity index (χ3v) is 10.9. The molecule has 0 aliphatic heterocycles. The van der Waals surface area contributed by atoms with Crippen molar-refractivity contribution < 1.29 is 0 Å². The lowest BCUT2D eigenvalue weighted by molar-refractivity contribution is 1.29. The first-order valence-corrected chi connectivity index (χ1v) is 17.4. The van der Waals surface area contributed by atoms with Crippen LogP contribution >= 0.6 is 0 Å². The smallest absolute Gasteiger partial charge is 0.0991 e. The van der Waals surface area contributed by atoms with E-state index in [0.29, 0.717) is 5.56 Å². The zero-order valence-electron chi connectivity index (χ0n) is 27.6. The Morgan fingerprint density at radius 1 is 0.353 bits per heavy atom. The summed E-state index contributed by atoms with van der Waals surface area (Å²) in [5, 5.41) is 27.4. The number of rotatable bonds is 4. The van der Waals surface area contributed by atoms with Crippen LogP contribution in [0, 0.1) is 11.3 Å². The molecule has 234 valence electrons. The SMILES string of the molecule is N#Cc1ccc(-c2c3c(cc4c5cc(N(c6ccccc6)c6ccccc6)cc6cccc(c24)c65)cc2c4ccccc4c4cccc3c42)cc1. The largest absolute Gasteiger partial charge is 0.310 e. The number of fused-ring (bicyclic) bond motifs is 8. The fourth-order valence-electron chi connectivity index (χ4n) is 8.83. The van der Waals surface area contributed by atoms with Crippen LogP contribution in [0.25, 0.3) is 86.5 Å². The molecule has 2 heteroatoms. The van der Waals surface area contributed by atoms with Crippen molar-refractivity contribution in [3.8, 4) is 17.2 Å². The number of hydrogen-bond donors (Lipinski definition) is 0. The molecular formula is C49H28N2. The molecule has 0 atom stereocenters. The molecule has 0 N–H and O–H groups in total. The van der Waals surface area contributed by atoms with Crippen molar-refractivity contribution in [2.24, 2.45) is 0 Å². The second-order valence-corrected chi connectivity index (χ2v) is 13.6. The van der Waals surface area contributed by atoms with Crippen LogP contribution in [0.5, 0.6) is 0 Å². The summed E-state index contributed by atoms with van der Waals surface area (Å²) in [5.74, 6) is 0. The van der Waals surface area contributed by atoms with Crippen molar-refractivity contribution in [3.05, 3.63) is 175 Å². The van der Waals surface area contributed by atoms with E-state index >= 15 is 0 Å². The molecule has 11 aromatic carbocycles. The number of anilines is 3. The quantitative estimate of drug-likeness (QED) is 0.178. The van der Waals surface area contributed by atoms with Crippen LogP contribution < -0.4 is 4.90 Å². The molecule has 0 unspecified atom stereocenters. The van der Waals surface area contributed by atoms with Gasteiger partial charge in [0.2, 0.25) is 0 Å². The highest BCUT2D eigenvalue weighted by Gasteiger charge is 2.24. The maximum Gasteiger partial charge on any atom is 0.0991 e. The molecule has 11 rings (SSSR count). The van der Waals surface area contributed by atoms with Crippen LogP contribution in [0.3, 0.4) is 0 Å². The fourth-order valence-corrected chi connectivity index (χ4v) is 8.83. The van der Waals surface area contributed by atoms with Gasteiger partial charge in [0.25, 0.3) is 0 Å². The standard InChI is InChI=1S/C49H28N2/c50-29-30-21-23-31(24-22-30)47-46-33(26-42-38-17-8-7-16-37(38)39-18-10-20-41(46)48(39)42)27-43-44-28-36(25-32-11-9-19-40(45(32)44)49(43)47)51(34-12-3-1-4-13-34)35-14-5-2-6-15-35/h1-28H. The van der Waals surface area contributed by atoms with Gasteiger partial charge in [-0.25, -0.2) is 0 Å². The monoisotopic (exact) mass is 644 g/mol. The van der Waals surface area contributed by atoms with Gasteiger partial charge in [-0.2, -0.15) is 5.26 Å². The van der Waals surface area contributed by atoms with E-state index in [1.165, 1.54) is 81.0 Å². The van der Waals surface area contributed by atoms with E-state index in [-0.39, 0.29) is 0 Å². The second kappa shape index (κ2) is 10.5. The molecule has 0 saturated heterocycles. The van der Waals surface area contributed by atoms with Crippen molar-refractivity contribution in [2.45, 2.75) is 0 Å². The molecule has 0 fully saturated rings. The molecule has 0 aromatic heterocycles. The maximum atomic E-state index is 9.72. The second-order valence-electron chi connectivity index (χ2n) is 13.6. The van der Waals surface area contributed by atoms with E-state index < -0.39 is 0 Å². The molecule has 11 aromatic rings. The first kappa shape index (κ1) is 27.9. The molecule has 0 heterocycles. The summed E-state index contributed by atoms with van der Waals surface area (Å²) >= 11 is 0.